The molecular weight excluding hydrogens is 390 g/mol. The third kappa shape index (κ3) is 3.56. The number of phenols is 1. The summed E-state index contributed by atoms with van der Waals surface area (Å²) in [6.07, 6.45) is 2.67. The van der Waals surface area contributed by atoms with Gasteiger partial charge in [-0.15, -0.1) is 0 Å². The van der Waals surface area contributed by atoms with Gasteiger partial charge in [0.25, 0.3) is 0 Å². The first-order chi connectivity index (χ1) is 12.5. The molecule has 2 heterocycles. The van der Waals surface area contributed by atoms with Crippen LogP contribution in [0.2, 0.25) is 0 Å². The van der Waals surface area contributed by atoms with Gasteiger partial charge in [-0.3, -0.25) is 10.3 Å². The van der Waals surface area contributed by atoms with Gasteiger partial charge < -0.3 is 10.4 Å². The Balaban J connectivity index is 1.75. The normalized spacial score (nSPS) is 22.2. The third-order valence-corrected chi connectivity index (χ3v) is 5.86. The lowest BCUT2D eigenvalue weighted by atomic mass is 9.88. The molecule has 2 aromatic carbocycles. The largest absolute Gasteiger partial charge is 0.508 e. The molecule has 4 rings (SSSR count). The van der Waals surface area contributed by atoms with Crippen LogP contribution in [0.4, 0.5) is 0 Å². The van der Waals surface area contributed by atoms with Crippen LogP contribution in [0.25, 0.3) is 0 Å². The Hall–Kier alpha value is -1.69. The summed E-state index contributed by atoms with van der Waals surface area (Å²) >= 11 is 3.54. The molecule has 2 aliphatic rings. The van der Waals surface area contributed by atoms with E-state index in [0.29, 0.717) is 5.75 Å². The van der Waals surface area contributed by atoms with E-state index in [-0.39, 0.29) is 11.7 Å². The van der Waals surface area contributed by atoms with Gasteiger partial charge in [0.15, 0.2) is 0 Å². The van der Waals surface area contributed by atoms with Crippen LogP contribution in [-0.4, -0.2) is 29.6 Å². The predicted molar refractivity (Wildman–Crippen MR) is 109 cm³/mol. The highest BCUT2D eigenvalue weighted by Crippen LogP contribution is 2.37. The molecule has 0 saturated carbocycles. The summed E-state index contributed by atoms with van der Waals surface area (Å²) in [6, 6.07) is 14.3. The molecule has 4 nitrogen and oxygen atoms in total. The van der Waals surface area contributed by atoms with Crippen LogP contribution in [-0.2, 0) is 0 Å². The SMILES string of the molecule is Cc1ccc(C2=NC3(CCNCC3)N[C@@H](c3cc(Br)ccc3O)C2)cc1. The molecule has 2 aliphatic heterocycles. The molecule has 0 bridgehead atoms. The second kappa shape index (κ2) is 7.14. The number of aromatic hydroxyl groups is 1. The second-order valence-electron chi connectivity index (χ2n) is 7.31. The van der Waals surface area contributed by atoms with Crippen LogP contribution in [0.1, 0.15) is 42.0 Å². The van der Waals surface area contributed by atoms with Crippen molar-refractivity contribution in [1.29, 1.82) is 0 Å². The monoisotopic (exact) mass is 413 g/mol. The number of halogens is 1. The number of benzene rings is 2. The number of hydrogen-bond donors (Lipinski definition) is 3. The Bertz CT molecular complexity index is 826. The number of nitrogens with zero attached hydrogens (tertiary/aromatic N) is 1. The number of rotatable bonds is 2. The van der Waals surface area contributed by atoms with Crippen molar-refractivity contribution >= 4 is 21.6 Å². The van der Waals surface area contributed by atoms with E-state index in [1.54, 1.807) is 6.07 Å². The highest BCUT2D eigenvalue weighted by atomic mass is 79.9. The second-order valence-corrected chi connectivity index (χ2v) is 8.23. The number of aliphatic imine (C=N–C) groups is 1. The van der Waals surface area contributed by atoms with E-state index >= 15 is 0 Å². The molecule has 0 unspecified atom stereocenters. The van der Waals surface area contributed by atoms with Gasteiger partial charge in [0, 0.05) is 28.2 Å². The fourth-order valence-electron chi connectivity index (χ4n) is 3.92. The van der Waals surface area contributed by atoms with Crippen LogP contribution in [0.3, 0.4) is 0 Å². The minimum absolute atomic E-state index is 0.0411. The zero-order chi connectivity index (χ0) is 18.1. The van der Waals surface area contributed by atoms with Crippen molar-refractivity contribution in [1.82, 2.24) is 10.6 Å². The number of piperidine rings is 1. The van der Waals surface area contributed by atoms with E-state index in [2.05, 4.69) is 57.8 Å². The molecule has 0 aliphatic carbocycles. The van der Waals surface area contributed by atoms with Crippen molar-refractivity contribution in [3.63, 3.8) is 0 Å². The smallest absolute Gasteiger partial charge is 0.120 e. The predicted octanol–water partition coefficient (Wildman–Crippen LogP) is 4.07. The molecule has 2 aromatic rings. The van der Waals surface area contributed by atoms with Gasteiger partial charge in [0.2, 0.25) is 0 Å². The number of hydrogen-bond acceptors (Lipinski definition) is 4. The topological polar surface area (TPSA) is 56.7 Å². The minimum Gasteiger partial charge on any atom is -0.508 e. The van der Waals surface area contributed by atoms with Gasteiger partial charge in [0.05, 0.1) is 0 Å². The van der Waals surface area contributed by atoms with Crippen molar-refractivity contribution in [2.24, 2.45) is 4.99 Å². The lowest BCUT2D eigenvalue weighted by molar-refractivity contribution is 0.216. The Morgan fingerprint density at radius 2 is 1.85 bits per heavy atom. The van der Waals surface area contributed by atoms with Crippen LogP contribution in [0, 0.1) is 6.92 Å². The number of phenolic OH excluding ortho intramolecular Hbond substituents is 1. The van der Waals surface area contributed by atoms with Crippen molar-refractivity contribution in [2.75, 3.05) is 13.1 Å². The average molecular weight is 414 g/mol. The molecule has 1 saturated heterocycles. The highest BCUT2D eigenvalue weighted by Gasteiger charge is 2.38. The molecule has 1 spiro atoms. The molecule has 3 N–H and O–H groups in total. The van der Waals surface area contributed by atoms with E-state index in [1.807, 2.05) is 12.1 Å². The van der Waals surface area contributed by atoms with E-state index in [9.17, 15) is 5.11 Å². The minimum atomic E-state index is -0.261. The Morgan fingerprint density at radius 3 is 2.58 bits per heavy atom. The van der Waals surface area contributed by atoms with Crippen LogP contribution in [0.15, 0.2) is 51.9 Å². The van der Waals surface area contributed by atoms with Crippen LogP contribution in [0.5, 0.6) is 5.75 Å². The maximum absolute atomic E-state index is 10.5. The van der Waals surface area contributed by atoms with Gasteiger partial charge in [-0.2, -0.15) is 0 Å². The summed E-state index contributed by atoms with van der Waals surface area (Å²) in [6.45, 7) is 4.01. The van der Waals surface area contributed by atoms with Gasteiger partial charge in [-0.1, -0.05) is 45.8 Å². The van der Waals surface area contributed by atoms with Crippen LogP contribution < -0.4 is 10.6 Å². The summed E-state index contributed by atoms with van der Waals surface area (Å²) in [7, 11) is 0. The molecule has 5 heteroatoms. The zero-order valence-corrected chi connectivity index (χ0v) is 16.5. The molecule has 0 aromatic heterocycles. The summed E-state index contributed by atoms with van der Waals surface area (Å²) in [5, 5.41) is 17.6. The molecule has 0 radical (unpaired) electrons. The Kier molecular flexibility index (Phi) is 4.86. The summed E-state index contributed by atoms with van der Waals surface area (Å²) in [5.74, 6) is 0.333. The lowest BCUT2D eigenvalue weighted by Crippen LogP contribution is -2.55. The standard InChI is InChI=1S/C21H24BrN3O/c1-14-2-4-15(5-3-14)18-13-19(17-12-16(22)6-7-20(17)26)25-21(24-18)8-10-23-11-9-21/h2-7,12,19,23,25-26H,8-11,13H2,1H3/t19-/m1/s1. The van der Waals surface area contributed by atoms with Gasteiger partial charge in [-0.25, -0.2) is 0 Å². The summed E-state index contributed by atoms with van der Waals surface area (Å²) in [4.78, 5) is 5.17. The molecule has 26 heavy (non-hydrogen) atoms. The van der Waals surface area contributed by atoms with Crippen molar-refractivity contribution < 1.29 is 5.11 Å². The van der Waals surface area contributed by atoms with Gasteiger partial charge in [0.1, 0.15) is 11.4 Å². The summed E-state index contributed by atoms with van der Waals surface area (Å²) < 4.78 is 0.978. The Labute approximate surface area is 162 Å². The van der Waals surface area contributed by atoms with Crippen molar-refractivity contribution in [3.8, 4) is 5.75 Å². The molecule has 136 valence electrons. The van der Waals surface area contributed by atoms with Crippen LogP contribution >= 0.6 is 15.9 Å². The average Bonchev–Trinajstić information content (AvgIpc) is 2.64. The first kappa shape index (κ1) is 17.7. The molecule has 1 atom stereocenters. The highest BCUT2D eigenvalue weighted by molar-refractivity contribution is 9.10. The maximum Gasteiger partial charge on any atom is 0.120 e. The van der Waals surface area contributed by atoms with Crippen molar-refractivity contribution in [2.45, 2.75) is 37.9 Å². The van der Waals surface area contributed by atoms with E-state index in [4.69, 9.17) is 4.99 Å². The molecular formula is C21H24BrN3O. The van der Waals surface area contributed by atoms with Gasteiger partial charge >= 0.3 is 0 Å². The fourth-order valence-corrected chi connectivity index (χ4v) is 4.30. The Morgan fingerprint density at radius 1 is 1.12 bits per heavy atom. The van der Waals surface area contributed by atoms with E-state index in [1.165, 1.54) is 11.1 Å². The third-order valence-electron chi connectivity index (χ3n) is 5.37. The maximum atomic E-state index is 10.5. The number of nitrogens with one attached hydrogen (secondary N) is 2. The molecule has 0 amide bonds. The first-order valence-electron chi connectivity index (χ1n) is 9.17. The van der Waals surface area contributed by atoms with E-state index < -0.39 is 0 Å². The van der Waals surface area contributed by atoms with Crippen molar-refractivity contribution in [3.05, 3.63) is 63.6 Å². The summed E-state index contributed by atoms with van der Waals surface area (Å²) in [5.41, 5.74) is 4.21. The fraction of sp³-hybridized carbons (Fsp3) is 0.381. The van der Waals surface area contributed by atoms with Gasteiger partial charge in [-0.05, 0) is 56.6 Å². The zero-order valence-electron chi connectivity index (χ0n) is 14.9. The van der Waals surface area contributed by atoms with E-state index in [0.717, 1.165) is 48.1 Å². The number of aryl methyl sites for hydroxylation is 1. The lowest BCUT2D eigenvalue weighted by Gasteiger charge is -2.42. The molecule has 1 fully saturated rings. The first-order valence-corrected chi connectivity index (χ1v) is 9.97. The quantitative estimate of drug-likeness (QED) is 0.695.